The minimum Gasteiger partial charge on any atom is -0.195 e. The molecule has 0 N–H and O–H groups in total. The van der Waals surface area contributed by atoms with Gasteiger partial charge in [0.15, 0.2) is 0 Å². The molecule has 0 heterocycles. The molecule has 0 spiro atoms. The van der Waals surface area contributed by atoms with Crippen LogP contribution in [0.2, 0.25) is 0 Å². The summed E-state index contributed by atoms with van der Waals surface area (Å²) in [6, 6.07) is 0. The lowest BCUT2D eigenvalue weighted by Gasteiger charge is -2.39. The third-order valence-corrected chi connectivity index (χ3v) is 13.0. The Morgan fingerprint density at radius 1 is 0.207 bits per heavy atom. The van der Waals surface area contributed by atoms with E-state index in [1.54, 1.807) is 0 Å². The van der Waals surface area contributed by atoms with Gasteiger partial charge in [-0.3, -0.25) is 0 Å². The van der Waals surface area contributed by atoms with Crippen LogP contribution in [-0.2, 0) is 19.3 Å². The van der Waals surface area contributed by atoms with Crippen LogP contribution in [0.5, 0.6) is 0 Å². The van der Waals surface area contributed by atoms with Crippen LogP contribution < -0.4 is 0 Å². The molecule has 0 unspecified atom stereocenters. The molecule has 0 amide bonds. The Kier molecular flexibility index (Phi) is 24.2. The van der Waals surface area contributed by atoms with Gasteiger partial charge in [0.05, 0.1) is 0 Å². The number of alkyl halides is 39. The third kappa shape index (κ3) is 14.3. The fraction of sp³-hybridized carbons (Fsp3) is 0.750. The molecule has 87 heavy (non-hydrogen) atoms. The average molecular weight is 1360 g/mol. The standard InChI is InChI=1S/C48H45F39/c1-4-7-10-13-16-25-26(17-14-11-8-5-2)29(20-23-32(51,52)35(57,58)38(63,64)41(69,70)44(75,76)47(82,83)84)30(21-24-33(53,54)36(59,60)39(65,66)42(71,72)45(77,78)48(85,86)87)27(18-15-12-9-6-3)28(25)19-22-31(49,50)34(55,56)37(61,62)40(67,68)43(73,74)46(79,80)81/h19-24H,4-18H2,1-3H3/b22-19+,23-20+,24-21+. The van der Waals surface area contributed by atoms with E-state index in [9.17, 15) is 119 Å². The number of allylic oxidation sites excluding steroid dienone is 3. The van der Waals surface area contributed by atoms with Crippen LogP contribution in [0.1, 0.15) is 131 Å². The zero-order valence-corrected chi connectivity index (χ0v) is 43.8. The number of rotatable bonds is 33. The second-order valence-corrected chi connectivity index (χ2v) is 19.4. The molecule has 0 saturated carbocycles. The van der Waals surface area contributed by atoms with E-state index in [-0.39, 0.29) is 51.4 Å². The maximum atomic E-state index is 15.6. The summed E-state index contributed by atoms with van der Waals surface area (Å²) in [4.78, 5) is 0. The van der Waals surface area contributed by atoms with Crippen molar-refractivity contribution < 1.29 is 171 Å². The van der Waals surface area contributed by atoms with Gasteiger partial charge >= 0.3 is 107 Å². The maximum absolute atomic E-state index is 15.6. The van der Waals surface area contributed by atoms with Gasteiger partial charge in [-0.05, 0) is 90.1 Å². The predicted octanol–water partition coefficient (Wildman–Crippen LogP) is 22.3. The summed E-state index contributed by atoms with van der Waals surface area (Å²) in [7, 11) is 0. The van der Waals surface area contributed by atoms with Crippen molar-refractivity contribution in [1.29, 1.82) is 0 Å². The highest BCUT2D eigenvalue weighted by Gasteiger charge is 2.93. The first-order chi connectivity index (χ1) is 38.4. The summed E-state index contributed by atoms with van der Waals surface area (Å²) in [5.74, 6) is -125. The Hall–Kier alpha value is -4.29. The van der Waals surface area contributed by atoms with Crippen molar-refractivity contribution >= 4 is 18.2 Å². The van der Waals surface area contributed by atoms with Crippen LogP contribution in [0.3, 0.4) is 0 Å². The van der Waals surface area contributed by atoms with E-state index >= 15 is 52.7 Å². The summed E-state index contributed by atoms with van der Waals surface area (Å²) in [5.41, 5.74) is -10.2. The molecule has 0 radical (unpaired) electrons. The number of hydrogen-bond acceptors (Lipinski definition) is 0. The van der Waals surface area contributed by atoms with Crippen molar-refractivity contribution in [2.24, 2.45) is 0 Å². The van der Waals surface area contributed by atoms with E-state index in [1.165, 1.54) is 20.8 Å². The van der Waals surface area contributed by atoms with Crippen molar-refractivity contribution in [3.05, 3.63) is 51.6 Å². The first-order valence-electron chi connectivity index (χ1n) is 24.5. The lowest BCUT2D eigenvalue weighted by Crippen LogP contribution is -2.69. The topological polar surface area (TPSA) is 0 Å². The molecule has 0 aliphatic heterocycles. The molecular weight excluding hydrogens is 1320 g/mol. The van der Waals surface area contributed by atoms with Gasteiger partial charge < -0.3 is 0 Å². The van der Waals surface area contributed by atoms with E-state index in [2.05, 4.69) is 0 Å². The van der Waals surface area contributed by atoms with Crippen LogP contribution in [0.15, 0.2) is 18.2 Å². The van der Waals surface area contributed by atoms with Gasteiger partial charge in [-0.15, -0.1) is 0 Å². The molecule has 0 nitrogen and oxygen atoms in total. The van der Waals surface area contributed by atoms with Gasteiger partial charge in [0.1, 0.15) is 0 Å². The molecule has 0 saturated heterocycles. The van der Waals surface area contributed by atoms with E-state index in [0.717, 1.165) is 0 Å². The Bertz CT molecular complexity index is 2510. The molecule has 39 heteroatoms. The van der Waals surface area contributed by atoms with Crippen molar-refractivity contribution in [3.63, 3.8) is 0 Å². The van der Waals surface area contributed by atoms with Gasteiger partial charge in [-0.1, -0.05) is 96.8 Å². The smallest absolute Gasteiger partial charge is 0.195 e. The first kappa shape index (κ1) is 80.7. The third-order valence-electron chi connectivity index (χ3n) is 13.0. The lowest BCUT2D eigenvalue weighted by atomic mass is 9.79. The van der Waals surface area contributed by atoms with Crippen molar-refractivity contribution in [2.75, 3.05) is 0 Å². The maximum Gasteiger partial charge on any atom is 0.460 e. The minimum absolute atomic E-state index is 0.0180. The second-order valence-electron chi connectivity index (χ2n) is 19.4. The highest BCUT2D eigenvalue weighted by Crippen LogP contribution is 2.64. The molecule has 0 aromatic heterocycles. The van der Waals surface area contributed by atoms with Crippen molar-refractivity contribution in [1.82, 2.24) is 0 Å². The Morgan fingerprint density at radius 2 is 0.391 bits per heavy atom. The van der Waals surface area contributed by atoms with Crippen LogP contribution >= 0.6 is 0 Å². The molecule has 0 aliphatic carbocycles. The van der Waals surface area contributed by atoms with Crippen molar-refractivity contribution in [3.8, 4) is 0 Å². The number of halogens is 39. The molecule has 0 bridgehead atoms. The summed E-state index contributed by atoms with van der Waals surface area (Å²) in [6.07, 6.45) is -40.5. The highest BCUT2D eigenvalue weighted by atomic mass is 19.5. The zero-order valence-electron chi connectivity index (χ0n) is 43.8. The molecule has 510 valence electrons. The molecule has 1 rings (SSSR count). The molecule has 0 aliphatic rings. The van der Waals surface area contributed by atoms with Crippen LogP contribution in [0.4, 0.5) is 171 Å². The summed E-state index contributed by atoms with van der Waals surface area (Å²) >= 11 is 0. The van der Waals surface area contributed by atoms with Crippen LogP contribution in [0, 0.1) is 0 Å². The number of benzene rings is 1. The number of unbranched alkanes of at least 4 members (excludes halogenated alkanes) is 9. The quantitative estimate of drug-likeness (QED) is 0.0486. The molecule has 0 atom stereocenters. The van der Waals surface area contributed by atoms with Crippen LogP contribution in [0.25, 0.3) is 18.2 Å². The van der Waals surface area contributed by atoms with E-state index < -0.39 is 222 Å². The molecule has 0 fully saturated rings. The SMILES string of the molecule is CCCCCCc1c(/C=C/C(F)(F)C(F)(F)C(F)(F)C(F)(F)C(F)(F)C(F)(F)F)c(/C=C/C(F)(F)C(F)(F)C(F)(F)C(F)(F)C(F)(F)C(F)(F)F)c(CCCCCC)c(CCCCCC)c1/C=C/C(F)(F)C(F)(F)C(F)(F)C(F)(F)C(F)(F)C(F)(F)F. The van der Waals surface area contributed by atoms with Gasteiger partial charge in [0.2, 0.25) is 0 Å². The van der Waals surface area contributed by atoms with E-state index in [0.29, 0.717) is 0 Å². The van der Waals surface area contributed by atoms with Gasteiger partial charge in [-0.25, -0.2) is 0 Å². The van der Waals surface area contributed by atoms with E-state index in [4.69, 9.17) is 0 Å². The summed E-state index contributed by atoms with van der Waals surface area (Å²) in [6.45, 7) is 4.03. The molecule has 1 aromatic rings. The second kappa shape index (κ2) is 26.1. The largest absolute Gasteiger partial charge is 0.460 e. The van der Waals surface area contributed by atoms with Crippen LogP contribution in [-0.4, -0.2) is 107 Å². The fourth-order valence-electron chi connectivity index (χ4n) is 7.81. The Balaban J connectivity index is 5.38. The van der Waals surface area contributed by atoms with Crippen molar-refractivity contribution in [2.45, 2.75) is 224 Å². The molecule has 1 aromatic carbocycles. The molecular formula is C48H45F39. The first-order valence-corrected chi connectivity index (χ1v) is 24.5. The van der Waals surface area contributed by atoms with Gasteiger partial charge in [0.25, 0.3) is 0 Å². The fourth-order valence-corrected chi connectivity index (χ4v) is 7.81. The monoisotopic (exact) mass is 1360 g/mol. The van der Waals surface area contributed by atoms with E-state index in [1.807, 2.05) is 0 Å². The number of hydrogen-bond donors (Lipinski definition) is 0. The summed E-state index contributed by atoms with van der Waals surface area (Å²) < 4.78 is 556. The predicted molar refractivity (Wildman–Crippen MR) is 229 cm³/mol. The lowest BCUT2D eigenvalue weighted by molar-refractivity contribution is -0.436. The summed E-state index contributed by atoms with van der Waals surface area (Å²) in [5, 5.41) is 0. The Labute approximate surface area is 465 Å². The zero-order chi connectivity index (χ0) is 69.3. The average Bonchev–Trinajstić information content (AvgIpc) is 0.762. The Morgan fingerprint density at radius 3 is 0.609 bits per heavy atom. The minimum atomic E-state index is -8.75. The highest BCUT2D eigenvalue weighted by molar-refractivity contribution is 5.78. The normalized spacial score (nSPS) is 15.8. The van der Waals surface area contributed by atoms with Gasteiger partial charge in [0, 0.05) is 0 Å². The van der Waals surface area contributed by atoms with Gasteiger partial charge in [-0.2, -0.15) is 171 Å².